The highest BCUT2D eigenvalue weighted by Crippen LogP contribution is 2.32. The highest BCUT2D eigenvalue weighted by Gasteiger charge is 2.20. The van der Waals surface area contributed by atoms with Gasteiger partial charge in [0.1, 0.15) is 23.9 Å². The van der Waals surface area contributed by atoms with Crippen molar-refractivity contribution in [2.75, 3.05) is 44.7 Å². The lowest BCUT2D eigenvalue weighted by Crippen LogP contribution is -2.29. The zero-order valence-electron chi connectivity index (χ0n) is 21.1. The standard InChI is InChI=1S/C26H31N5O6/c1-34-20-7-9-21(35-2)17(13-20)15-31(26(32)33)24-10-12-28-25(30-24)29-18-6-8-22(23(14-18)36-3)37-16-19-5-4-11-27-19/h6-10,12-14,19,27H,4-5,11,15-16H2,1-3H3,(H,32,33)(H,28,29,30)/t19-/m0/s1. The van der Waals surface area contributed by atoms with Crippen LogP contribution in [0.2, 0.25) is 0 Å². The van der Waals surface area contributed by atoms with Crippen molar-refractivity contribution in [1.29, 1.82) is 0 Å². The minimum Gasteiger partial charge on any atom is -0.497 e. The summed E-state index contributed by atoms with van der Waals surface area (Å²) in [6.45, 7) is 1.58. The monoisotopic (exact) mass is 509 g/mol. The average Bonchev–Trinajstić information content (AvgIpc) is 3.44. The van der Waals surface area contributed by atoms with Crippen LogP contribution in [0.25, 0.3) is 0 Å². The highest BCUT2D eigenvalue weighted by atomic mass is 16.5. The van der Waals surface area contributed by atoms with Gasteiger partial charge in [0.25, 0.3) is 0 Å². The molecule has 1 aromatic heterocycles. The second-order valence-corrected chi connectivity index (χ2v) is 8.38. The number of rotatable bonds is 11. The van der Waals surface area contributed by atoms with Gasteiger partial charge in [-0.25, -0.2) is 9.78 Å². The molecule has 1 fully saturated rings. The number of hydrogen-bond donors (Lipinski definition) is 3. The van der Waals surface area contributed by atoms with E-state index in [0.717, 1.165) is 24.3 Å². The molecule has 37 heavy (non-hydrogen) atoms. The van der Waals surface area contributed by atoms with Crippen LogP contribution >= 0.6 is 0 Å². The van der Waals surface area contributed by atoms with Gasteiger partial charge in [0, 0.05) is 29.6 Å². The molecule has 11 nitrogen and oxygen atoms in total. The second-order valence-electron chi connectivity index (χ2n) is 8.38. The summed E-state index contributed by atoms with van der Waals surface area (Å²) in [6, 6.07) is 12.5. The van der Waals surface area contributed by atoms with Gasteiger partial charge in [-0.05, 0) is 55.8 Å². The maximum absolute atomic E-state index is 12.1. The number of nitrogens with one attached hydrogen (secondary N) is 2. The topological polar surface area (TPSA) is 127 Å². The Labute approximate surface area is 215 Å². The van der Waals surface area contributed by atoms with E-state index in [2.05, 4.69) is 20.6 Å². The van der Waals surface area contributed by atoms with Gasteiger partial charge < -0.3 is 34.7 Å². The minimum atomic E-state index is -1.17. The van der Waals surface area contributed by atoms with E-state index in [1.807, 2.05) is 12.1 Å². The molecule has 196 valence electrons. The number of amides is 1. The van der Waals surface area contributed by atoms with Gasteiger partial charge in [0.15, 0.2) is 11.5 Å². The molecule has 0 saturated carbocycles. The van der Waals surface area contributed by atoms with Crippen LogP contribution in [0.1, 0.15) is 18.4 Å². The molecule has 0 bridgehead atoms. The maximum atomic E-state index is 12.1. The van der Waals surface area contributed by atoms with E-state index in [-0.39, 0.29) is 18.3 Å². The molecule has 1 aliphatic heterocycles. The van der Waals surface area contributed by atoms with E-state index < -0.39 is 6.09 Å². The van der Waals surface area contributed by atoms with Crippen LogP contribution in [0.4, 0.5) is 22.2 Å². The van der Waals surface area contributed by atoms with Crippen LogP contribution in [0, 0.1) is 0 Å². The van der Waals surface area contributed by atoms with Crippen molar-refractivity contribution in [3.05, 3.63) is 54.2 Å². The predicted octanol–water partition coefficient (Wildman–Crippen LogP) is 4.06. The van der Waals surface area contributed by atoms with Crippen LogP contribution < -0.4 is 34.5 Å². The van der Waals surface area contributed by atoms with Crippen LogP contribution in [0.15, 0.2) is 48.7 Å². The molecule has 1 saturated heterocycles. The molecule has 1 atom stereocenters. The lowest BCUT2D eigenvalue weighted by Gasteiger charge is -2.20. The molecule has 3 N–H and O–H groups in total. The third kappa shape index (κ3) is 6.50. The van der Waals surface area contributed by atoms with Gasteiger partial charge in [-0.3, -0.25) is 4.90 Å². The Hall–Kier alpha value is -4.25. The summed E-state index contributed by atoms with van der Waals surface area (Å²) >= 11 is 0. The molecule has 0 aliphatic carbocycles. The first kappa shape index (κ1) is 25.8. The number of ether oxygens (including phenoxy) is 4. The molecular weight excluding hydrogens is 478 g/mol. The van der Waals surface area contributed by atoms with E-state index in [9.17, 15) is 9.90 Å². The molecule has 11 heteroatoms. The first-order valence-corrected chi connectivity index (χ1v) is 11.9. The van der Waals surface area contributed by atoms with Crippen LogP contribution in [0.5, 0.6) is 23.0 Å². The molecule has 1 aliphatic rings. The Morgan fingerprint density at radius 3 is 2.59 bits per heavy atom. The van der Waals surface area contributed by atoms with Gasteiger partial charge in [-0.15, -0.1) is 0 Å². The lowest BCUT2D eigenvalue weighted by molar-refractivity contribution is 0.201. The van der Waals surface area contributed by atoms with Crippen LogP contribution in [0.3, 0.4) is 0 Å². The summed E-state index contributed by atoms with van der Waals surface area (Å²) < 4.78 is 22.1. The summed E-state index contributed by atoms with van der Waals surface area (Å²) in [4.78, 5) is 21.9. The van der Waals surface area contributed by atoms with E-state index >= 15 is 0 Å². The fourth-order valence-corrected chi connectivity index (χ4v) is 4.07. The quantitative estimate of drug-likeness (QED) is 0.348. The van der Waals surface area contributed by atoms with Crippen LogP contribution in [-0.4, -0.2) is 61.7 Å². The molecule has 2 heterocycles. The minimum absolute atomic E-state index is 0.00186. The SMILES string of the molecule is COc1ccc(OC)c(CN(C(=O)O)c2ccnc(Nc3ccc(OC[C@@H]4CCCN4)c(OC)c3)n2)c1. The molecule has 3 aromatic rings. The van der Waals surface area contributed by atoms with Gasteiger partial charge >= 0.3 is 6.09 Å². The lowest BCUT2D eigenvalue weighted by atomic mass is 10.1. The summed E-state index contributed by atoms with van der Waals surface area (Å²) in [5.74, 6) is 2.76. The third-order valence-electron chi connectivity index (χ3n) is 5.99. The van der Waals surface area contributed by atoms with E-state index in [4.69, 9.17) is 18.9 Å². The maximum Gasteiger partial charge on any atom is 0.413 e. The highest BCUT2D eigenvalue weighted by molar-refractivity contribution is 5.85. The zero-order valence-corrected chi connectivity index (χ0v) is 21.1. The normalized spacial score (nSPS) is 14.6. The number of hydrogen-bond acceptors (Lipinski definition) is 9. The summed E-state index contributed by atoms with van der Waals surface area (Å²) in [5.41, 5.74) is 1.29. The van der Waals surface area contributed by atoms with E-state index in [1.54, 1.807) is 38.5 Å². The van der Waals surface area contributed by atoms with Crippen molar-refractivity contribution in [2.24, 2.45) is 0 Å². The van der Waals surface area contributed by atoms with E-state index in [1.165, 1.54) is 19.4 Å². The average molecular weight is 510 g/mol. The smallest absolute Gasteiger partial charge is 0.413 e. The first-order valence-electron chi connectivity index (χ1n) is 11.9. The molecule has 0 spiro atoms. The Balaban J connectivity index is 1.51. The Morgan fingerprint density at radius 2 is 1.89 bits per heavy atom. The Bertz CT molecular complexity index is 1220. The molecule has 2 aromatic carbocycles. The number of methoxy groups -OCH3 is 3. The largest absolute Gasteiger partial charge is 0.497 e. The van der Waals surface area contributed by atoms with E-state index in [0.29, 0.717) is 46.9 Å². The van der Waals surface area contributed by atoms with Crippen molar-refractivity contribution >= 4 is 23.5 Å². The Morgan fingerprint density at radius 1 is 1.08 bits per heavy atom. The van der Waals surface area contributed by atoms with Gasteiger partial charge in [0.05, 0.1) is 27.9 Å². The van der Waals surface area contributed by atoms with Gasteiger partial charge in [-0.1, -0.05) is 0 Å². The number of carbonyl (C=O) groups is 1. The molecular formula is C26H31N5O6. The fourth-order valence-electron chi connectivity index (χ4n) is 4.07. The van der Waals surface area contributed by atoms with Crippen molar-refractivity contribution < 1.29 is 28.8 Å². The third-order valence-corrected chi connectivity index (χ3v) is 5.99. The predicted molar refractivity (Wildman–Crippen MR) is 139 cm³/mol. The fraction of sp³-hybridized carbons (Fsp3) is 0.346. The molecule has 4 rings (SSSR count). The summed E-state index contributed by atoms with van der Waals surface area (Å²) in [5, 5.41) is 16.4. The van der Waals surface area contributed by atoms with Gasteiger partial charge in [0.2, 0.25) is 5.95 Å². The summed E-state index contributed by atoms with van der Waals surface area (Å²) in [7, 11) is 4.65. The first-order chi connectivity index (χ1) is 18.0. The van der Waals surface area contributed by atoms with Crippen molar-refractivity contribution in [2.45, 2.75) is 25.4 Å². The second kappa shape index (κ2) is 12.1. The molecule has 0 radical (unpaired) electrons. The Kier molecular flexibility index (Phi) is 8.47. The van der Waals surface area contributed by atoms with Crippen molar-refractivity contribution in [3.63, 3.8) is 0 Å². The van der Waals surface area contributed by atoms with Gasteiger partial charge in [-0.2, -0.15) is 4.98 Å². The van der Waals surface area contributed by atoms with Crippen molar-refractivity contribution in [1.82, 2.24) is 15.3 Å². The number of aromatic nitrogens is 2. The number of benzene rings is 2. The van der Waals surface area contributed by atoms with Crippen molar-refractivity contribution in [3.8, 4) is 23.0 Å². The zero-order chi connectivity index (χ0) is 26.2. The van der Waals surface area contributed by atoms with Crippen LogP contribution in [-0.2, 0) is 6.54 Å². The number of anilines is 3. The number of carboxylic acid groups (broad SMARTS) is 1. The molecule has 1 amide bonds. The molecule has 0 unspecified atom stereocenters. The summed E-state index contributed by atoms with van der Waals surface area (Å²) in [6.07, 6.45) is 2.56. The number of nitrogens with zero attached hydrogens (tertiary/aromatic N) is 3.